The van der Waals surface area contributed by atoms with Crippen molar-refractivity contribution in [3.05, 3.63) is 5.01 Å². The van der Waals surface area contributed by atoms with Crippen LogP contribution < -0.4 is 5.32 Å². The zero-order chi connectivity index (χ0) is 13.0. The molecule has 2 heterocycles. The number of likely N-dealkylation sites (tertiary alicyclic amines) is 1. The van der Waals surface area contributed by atoms with Gasteiger partial charge in [0, 0.05) is 19.6 Å². The summed E-state index contributed by atoms with van der Waals surface area (Å²) >= 11 is 1.34. The van der Waals surface area contributed by atoms with Gasteiger partial charge in [-0.05, 0) is 25.7 Å². The fraction of sp³-hybridized carbons (Fsp3) is 0.750. The van der Waals surface area contributed by atoms with Gasteiger partial charge >= 0.3 is 0 Å². The highest BCUT2D eigenvalue weighted by Crippen LogP contribution is 2.23. The average Bonchev–Trinajstić information content (AvgIpc) is 2.87. The predicted octanol–water partition coefficient (Wildman–Crippen LogP) is 2.23. The monoisotopic (exact) mass is 268 g/mol. The molecule has 18 heavy (non-hydrogen) atoms. The SMILES string of the molecule is CCNc1nnc(C(=O)N2CCC(CC)CC2)s1. The third-order valence-corrected chi connectivity index (χ3v) is 4.28. The van der Waals surface area contributed by atoms with Crippen LogP contribution >= 0.6 is 11.3 Å². The smallest absolute Gasteiger partial charge is 0.284 e. The highest BCUT2D eigenvalue weighted by molar-refractivity contribution is 7.17. The summed E-state index contributed by atoms with van der Waals surface area (Å²) in [5, 5.41) is 12.2. The first-order chi connectivity index (χ1) is 8.74. The number of hydrogen-bond donors (Lipinski definition) is 1. The van der Waals surface area contributed by atoms with Crippen molar-refractivity contribution in [3.63, 3.8) is 0 Å². The van der Waals surface area contributed by atoms with Crippen molar-refractivity contribution in [2.24, 2.45) is 5.92 Å². The summed E-state index contributed by atoms with van der Waals surface area (Å²) in [6.45, 7) is 6.72. The summed E-state index contributed by atoms with van der Waals surface area (Å²) in [5.41, 5.74) is 0. The number of carbonyl (C=O) groups is 1. The largest absolute Gasteiger partial charge is 0.360 e. The van der Waals surface area contributed by atoms with Crippen LogP contribution in [-0.4, -0.2) is 40.6 Å². The molecule has 1 N–H and O–H groups in total. The fourth-order valence-electron chi connectivity index (χ4n) is 2.21. The Kier molecular flexibility index (Phi) is 4.52. The van der Waals surface area contributed by atoms with Crippen molar-refractivity contribution < 1.29 is 4.79 Å². The normalized spacial score (nSPS) is 16.9. The Balaban J connectivity index is 1.94. The van der Waals surface area contributed by atoms with Crippen LogP contribution in [0.2, 0.25) is 0 Å². The van der Waals surface area contributed by atoms with Crippen LogP contribution in [0, 0.1) is 5.92 Å². The Morgan fingerprint density at radius 1 is 1.39 bits per heavy atom. The number of hydrogen-bond acceptors (Lipinski definition) is 5. The third-order valence-electron chi connectivity index (χ3n) is 3.42. The second kappa shape index (κ2) is 6.13. The highest BCUT2D eigenvalue weighted by Gasteiger charge is 2.25. The zero-order valence-corrected chi connectivity index (χ0v) is 11.8. The quantitative estimate of drug-likeness (QED) is 0.909. The maximum Gasteiger partial charge on any atom is 0.284 e. The second-order valence-electron chi connectivity index (χ2n) is 4.59. The van der Waals surface area contributed by atoms with E-state index in [9.17, 15) is 4.79 Å². The molecule has 0 spiro atoms. The van der Waals surface area contributed by atoms with Gasteiger partial charge in [0.15, 0.2) is 0 Å². The molecule has 1 aromatic rings. The summed E-state index contributed by atoms with van der Waals surface area (Å²) in [6.07, 6.45) is 3.44. The van der Waals surface area contributed by atoms with Gasteiger partial charge in [0.1, 0.15) is 0 Å². The molecule has 0 atom stereocenters. The molecule has 0 radical (unpaired) electrons. The Morgan fingerprint density at radius 3 is 2.72 bits per heavy atom. The van der Waals surface area contributed by atoms with Gasteiger partial charge < -0.3 is 10.2 Å². The topological polar surface area (TPSA) is 58.1 Å². The van der Waals surface area contributed by atoms with Crippen LogP contribution in [0.3, 0.4) is 0 Å². The molecule has 0 aliphatic carbocycles. The first kappa shape index (κ1) is 13.3. The molecule has 1 saturated heterocycles. The number of aromatic nitrogens is 2. The van der Waals surface area contributed by atoms with Gasteiger partial charge in [-0.15, -0.1) is 10.2 Å². The average molecular weight is 268 g/mol. The highest BCUT2D eigenvalue weighted by atomic mass is 32.1. The van der Waals surface area contributed by atoms with Crippen molar-refractivity contribution in [1.29, 1.82) is 0 Å². The third kappa shape index (κ3) is 2.98. The predicted molar refractivity (Wildman–Crippen MR) is 73.0 cm³/mol. The lowest BCUT2D eigenvalue weighted by Crippen LogP contribution is -2.38. The van der Waals surface area contributed by atoms with Gasteiger partial charge in [0.25, 0.3) is 5.91 Å². The molecule has 0 bridgehead atoms. The first-order valence-corrected chi connectivity index (χ1v) is 7.42. The molecular weight excluding hydrogens is 248 g/mol. The standard InChI is InChI=1S/C12H20N4OS/c1-3-9-5-7-16(8-6-9)11(17)10-14-15-12(18-10)13-4-2/h9H,3-8H2,1-2H3,(H,13,15). The van der Waals surface area contributed by atoms with E-state index >= 15 is 0 Å². The summed E-state index contributed by atoms with van der Waals surface area (Å²) in [6, 6.07) is 0. The summed E-state index contributed by atoms with van der Waals surface area (Å²) < 4.78 is 0. The molecule has 1 aromatic heterocycles. The van der Waals surface area contributed by atoms with Gasteiger partial charge in [-0.2, -0.15) is 0 Å². The lowest BCUT2D eigenvalue weighted by Gasteiger charge is -2.30. The number of nitrogens with one attached hydrogen (secondary N) is 1. The van der Waals surface area contributed by atoms with E-state index < -0.39 is 0 Å². The van der Waals surface area contributed by atoms with Crippen molar-refractivity contribution in [1.82, 2.24) is 15.1 Å². The van der Waals surface area contributed by atoms with Gasteiger partial charge in [0.05, 0.1) is 0 Å². The second-order valence-corrected chi connectivity index (χ2v) is 5.56. The molecule has 1 aliphatic heterocycles. The number of carbonyl (C=O) groups excluding carboxylic acids is 1. The van der Waals surface area contributed by atoms with Gasteiger partial charge in [-0.1, -0.05) is 24.7 Å². The van der Waals surface area contributed by atoms with E-state index in [1.54, 1.807) is 0 Å². The molecule has 100 valence electrons. The molecule has 6 heteroatoms. The Morgan fingerprint density at radius 2 is 2.11 bits per heavy atom. The maximum absolute atomic E-state index is 12.2. The van der Waals surface area contributed by atoms with E-state index in [2.05, 4.69) is 22.4 Å². The first-order valence-electron chi connectivity index (χ1n) is 6.61. The molecule has 1 amide bonds. The number of amides is 1. The molecule has 0 unspecified atom stereocenters. The van der Waals surface area contributed by atoms with Crippen LogP contribution in [0.15, 0.2) is 0 Å². The van der Waals surface area contributed by atoms with Crippen LogP contribution in [0.1, 0.15) is 42.9 Å². The Bertz CT molecular complexity index is 399. The van der Waals surface area contributed by atoms with Gasteiger partial charge in [0.2, 0.25) is 10.1 Å². The van der Waals surface area contributed by atoms with Crippen LogP contribution in [0.4, 0.5) is 5.13 Å². The van der Waals surface area contributed by atoms with Crippen LogP contribution in [0.25, 0.3) is 0 Å². The molecule has 1 aliphatic rings. The Labute approximate surface area is 112 Å². The van der Waals surface area contributed by atoms with E-state index in [0.29, 0.717) is 5.01 Å². The molecule has 2 rings (SSSR count). The van der Waals surface area contributed by atoms with Crippen LogP contribution in [-0.2, 0) is 0 Å². The lowest BCUT2D eigenvalue weighted by molar-refractivity contribution is 0.0687. The minimum atomic E-state index is 0.0335. The summed E-state index contributed by atoms with van der Waals surface area (Å²) in [7, 11) is 0. The molecule has 0 saturated carbocycles. The molecule has 0 aromatic carbocycles. The Hall–Kier alpha value is -1.17. The number of nitrogens with zero attached hydrogens (tertiary/aromatic N) is 3. The van der Waals surface area contributed by atoms with E-state index in [1.807, 2.05) is 11.8 Å². The van der Waals surface area contributed by atoms with Crippen molar-refractivity contribution >= 4 is 22.4 Å². The van der Waals surface area contributed by atoms with Gasteiger partial charge in [-0.25, -0.2) is 0 Å². The number of piperidine rings is 1. The van der Waals surface area contributed by atoms with Crippen molar-refractivity contribution in [2.45, 2.75) is 33.1 Å². The zero-order valence-electron chi connectivity index (χ0n) is 11.0. The number of rotatable bonds is 4. The van der Waals surface area contributed by atoms with Crippen molar-refractivity contribution in [2.75, 3.05) is 25.0 Å². The minimum absolute atomic E-state index is 0.0335. The van der Waals surface area contributed by atoms with E-state index in [0.717, 1.165) is 43.5 Å². The molecule has 5 nitrogen and oxygen atoms in total. The van der Waals surface area contributed by atoms with E-state index in [-0.39, 0.29) is 5.91 Å². The lowest BCUT2D eigenvalue weighted by atomic mass is 9.94. The molecule has 1 fully saturated rings. The minimum Gasteiger partial charge on any atom is -0.360 e. The number of anilines is 1. The fourth-order valence-corrected chi connectivity index (χ4v) is 2.99. The van der Waals surface area contributed by atoms with Crippen LogP contribution in [0.5, 0.6) is 0 Å². The molecular formula is C12H20N4OS. The summed E-state index contributed by atoms with van der Waals surface area (Å²) in [5.74, 6) is 0.812. The van der Waals surface area contributed by atoms with E-state index in [4.69, 9.17) is 0 Å². The summed E-state index contributed by atoms with van der Waals surface area (Å²) in [4.78, 5) is 14.1. The van der Waals surface area contributed by atoms with E-state index in [1.165, 1.54) is 17.8 Å². The maximum atomic E-state index is 12.2. The van der Waals surface area contributed by atoms with Crippen molar-refractivity contribution in [3.8, 4) is 0 Å². The van der Waals surface area contributed by atoms with Gasteiger partial charge in [-0.3, -0.25) is 4.79 Å².